The van der Waals surface area contributed by atoms with Gasteiger partial charge in [-0.2, -0.15) is 0 Å². The summed E-state index contributed by atoms with van der Waals surface area (Å²) in [5.41, 5.74) is 0.0257. The number of phenolic OH excluding ortho intramolecular Hbond substituents is 1. The number of benzene rings is 1. The van der Waals surface area contributed by atoms with Crippen LogP contribution < -0.4 is 0 Å². The molecule has 0 spiro atoms. The second kappa shape index (κ2) is 5.35. The molecule has 1 heterocycles. The smallest absolute Gasteiger partial charge is 0.256 e. The van der Waals surface area contributed by atoms with E-state index < -0.39 is 5.82 Å². The Morgan fingerprint density at radius 1 is 1.33 bits per heavy atom. The summed E-state index contributed by atoms with van der Waals surface area (Å²) in [6.07, 6.45) is 0. The minimum atomic E-state index is -0.669. The van der Waals surface area contributed by atoms with Gasteiger partial charge >= 0.3 is 0 Å². The Balaban J connectivity index is 2.08. The second-order valence-corrected chi connectivity index (χ2v) is 4.39. The quantitative estimate of drug-likeness (QED) is 0.863. The van der Waals surface area contributed by atoms with Crippen LogP contribution in [0.4, 0.5) is 4.39 Å². The monoisotopic (exact) mass is 252 g/mol. The third-order valence-corrected chi connectivity index (χ3v) is 3.29. The Hall–Kier alpha value is -1.62. The van der Waals surface area contributed by atoms with Crippen LogP contribution in [0.1, 0.15) is 17.3 Å². The lowest BCUT2D eigenvalue weighted by atomic mass is 10.1. The number of nitrogens with zero attached hydrogens (tertiary/aromatic N) is 2. The van der Waals surface area contributed by atoms with Crippen molar-refractivity contribution in [2.75, 3.05) is 32.7 Å². The Morgan fingerprint density at radius 2 is 2.00 bits per heavy atom. The van der Waals surface area contributed by atoms with Gasteiger partial charge in [-0.05, 0) is 18.7 Å². The molecule has 1 amide bonds. The molecule has 1 saturated heterocycles. The summed E-state index contributed by atoms with van der Waals surface area (Å²) >= 11 is 0. The lowest BCUT2D eigenvalue weighted by Crippen LogP contribution is -2.48. The summed E-state index contributed by atoms with van der Waals surface area (Å²) < 4.78 is 13.6. The van der Waals surface area contributed by atoms with Crippen molar-refractivity contribution in [3.05, 3.63) is 29.6 Å². The van der Waals surface area contributed by atoms with Gasteiger partial charge < -0.3 is 14.9 Å². The second-order valence-electron chi connectivity index (χ2n) is 4.39. The molecule has 1 fully saturated rings. The summed E-state index contributed by atoms with van der Waals surface area (Å²) in [7, 11) is 0. The van der Waals surface area contributed by atoms with Gasteiger partial charge in [-0.25, -0.2) is 4.39 Å². The van der Waals surface area contributed by atoms with Gasteiger partial charge in [-0.1, -0.05) is 6.92 Å². The first kappa shape index (κ1) is 12.8. The SMILES string of the molecule is CCN1CCN(C(=O)c2ccc(O)cc2F)CC1. The van der Waals surface area contributed by atoms with Crippen LogP contribution in [-0.4, -0.2) is 53.5 Å². The van der Waals surface area contributed by atoms with E-state index in [1.54, 1.807) is 4.90 Å². The Morgan fingerprint density at radius 3 is 2.56 bits per heavy atom. The number of phenols is 1. The number of aromatic hydroxyl groups is 1. The van der Waals surface area contributed by atoms with E-state index in [0.29, 0.717) is 13.1 Å². The molecule has 1 aromatic rings. The van der Waals surface area contributed by atoms with Gasteiger partial charge in [-0.15, -0.1) is 0 Å². The molecular formula is C13H17FN2O2. The summed E-state index contributed by atoms with van der Waals surface area (Å²) in [5.74, 6) is -1.14. The van der Waals surface area contributed by atoms with Crippen molar-refractivity contribution < 1.29 is 14.3 Å². The highest BCUT2D eigenvalue weighted by Gasteiger charge is 2.23. The fourth-order valence-corrected chi connectivity index (χ4v) is 2.11. The molecule has 0 bridgehead atoms. The van der Waals surface area contributed by atoms with Crippen LogP contribution in [0, 0.1) is 5.82 Å². The number of likely N-dealkylation sites (N-methyl/N-ethyl adjacent to an activating group) is 1. The van der Waals surface area contributed by atoms with E-state index in [1.807, 2.05) is 0 Å². The van der Waals surface area contributed by atoms with Crippen molar-refractivity contribution in [2.45, 2.75) is 6.92 Å². The lowest BCUT2D eigenvalue weighted by molar-refractivity contribution is 0.0639. The maximum absolute atomic E-state index is 13.6. The van der Waals surface area contributed by atoms with E-state index in [0.717, 1.165) is 25.7 Å². The van der Waals surface area contributed by atoms with Crippen LogP contribution >= 0.6 is 0 Å². The van der Waals surface area contributed by atoms with Crippen LogP contribution in [0.3, 0.4) is 0 Å². The first-order valence-electron chi connectivity index (χ1n) is 6.12. The zero-order valence-electron chi connectivity index (χ0n) is 10.4. The molecule has 0 unspecified atom stereocenters. The molecule has 0 radical (unpaired) electrons. The number of carbonyl (C=O) groups excluding carboxylic acids is 1. The molecule has 1 aliphatic rings. The molecule has 98 valence electrons. The van der Waals surface area contributed by atoms with Gasteiger partial charge in [0.2, 0.25) is 0 Å². The molecule has 0 aromatic heterocycles. The molecule has 1 aromatic carbocycles. The van der Waals surface area contributed by atoms with Gasteiger partial charge in [0.05, 0.1) is 5.56 Å². The maximum atomic E-state index is 13.6. The average Bonchev–Trinajstić information content (AvgIpc) is 2.38. The zero-order chi connectivity index (χ0) is 13.1. The molecule has 4 nitrogen and oxygen atoms in total. The van der Waals surface area contributed by atoms with Crippen LogP contribution in [0.15, 0.2) is 18.2 Å². The van der Waals surface area contributed by atoms with Gasteiger partial charge in [0.1, 0.15) is 11.6 Å². The van der Waals surface area contributed by atoms with Crippen molar-refractivity contribution >= 4 is 5.91 Å². The Kier molecular flexibility index (Phi) is 3.81. The largest absolute Gasteiger partial charge is 0.508 e. The van der Waals surface area contributed by atoms with E-state index in [-0.39, 0.29) is 17.2 Å². The van der Waals surface area contributed by atoms with E-state index in [4.69, 9.17) is 5.11 Å². The minimum Gasteiger partial charge on any atom is -0.508 e. The number of hydrogen-bond acceptors (Lipinski definition) is 3. The van der Waals surface area contributed by atoms with Crippen LogP contribution in [0.25, 0.3) is 0 Å². The Labute approximate surface area is 106 Å². The number of amides is 1. The summed E-state index contributed by atoms with van der Waals surface area (Å²) in [4.78, 5) is 16.0. The zero-order valence-corrected chi connectivity index (χ0v) is 10.4. The molecule has 0 atom stereocenters. The van der Waals surface area contributed by atoms with Crippen molar-refractivity contribution in [2.24, 2.45) is 0 Å². The summed E-state index contributed by atoms with van der Waals surface area (Å²) in [6, 6.07) is 3.63. The minimum absolute atomic E-state index is 0.0257. The molecule has 5 heteroatoms. The Bertz CT molecular complexity index is 443. The van der Waals surface area contributed by atoms with Crippen LogP contribution in [-0.2, 0) is 0 Å². The van der Waals surface area contributed by atoms with Crippen LogP contribution in [0.5, 0.6) is 5.75 Å². The first-order valence-corrected chi connectivity index (χ1v) is 6.12. The standard InChI is InChI=1S/C13H17FN2O2/c1-2-15-5-7-16(8-6-15)13(18)11-4-3-10(17)9-12(11)14/h3-4,9,17H,2,5-8H2,1H3. The van der Waals surface area contributed by atoms with E-state index in [9.17, 15) is 9.18 Å². The molecule has 0 aliphatic carbocycles. The number of piperazine rings is 1. The van der Waals surface area contributed by atoms with Crippen molar-refractivity contribution in [1.82, 2.24) is 9.80 Å². The number of carbonyl (C=O) groups is 1. The molecule has 1 N–H and O–H groups in total. The fraction of sp³-hybridized carbons (Fsp3) is 0.462. The van der Waals surface area contributed by atoms with Gasteiger partial charge in [0.15, 0.2) is 0 Å². The topological polar surface area (TPSA) is 43.8 Å². The predicted octanol–water partition coefficient (Wildman–Crippen LogP) is 1.31. The highest BCUT2D eigenvalue weighted by Crippen LogP contribution is 2.17. The summed E-state index contributed by atoms with van der Waals surface area (Å²) in [5, 5.41) is 9.12. The molecule has 1 aliphatic heterocycles. The van der Waals surface area contributed by atoms with Gasteiger partial charge in [0.25, 0.3) is 5.91 Å². The number of rotatable bonds is 2. The van der Waals surface area contributed by atoms with Crippen molar-refractivity contribution in [3.63, 3.8) is 0 Å². The van der Waals surface area contributed by atoms with Crippen molar-refractivity contribution in [1.29, 1.82) is 0 Å². The normalized spacial score (nSPS) is 16.9. The van der Waals surface area contributed by atoms with E-state index in [2.05, 4.69) is 11.8 Å². The third kappa shape index (κ3) is 2.61. The molecule has 2 rings (SSSR count). The molecule has 18 heavy (non-hydrogen) atoms. The lowest BCUT2D eigenvalue weighted by Gasteiger charge is -2.34. The average molecular weight is 252 g/mol. The highest BCUT2D eigenvalue weighted by atomic mass is 19.1. The number of halogens is 1. The van der Waals surface area contributed by atoms with Gasteiger partial charge in [-0.3, -0.25) is 4.79 Å². The van der Waals surface area contributed by atoms with Crippen LogP contribution in [0.2, 0.25) is 0 Å². The maximum Gasteiger partial charge on any atom is 0.256 e. The van der Waals surface area contributed by atoms with Gasteiger partial charge in [0, 0.05) is 32.2 Å². The molecule has 0 saturated carbocycles. The fourth-order valence-electron chi connectivity index (χ4n) is 2.11. The highest BCUT2D eigenvalue weighted by molar-refractivity contribution is 5.94. The third-order valence-electron chi connectivity index (χ3n) is 3.29. The summed E-state index contributed by atoms with van der Waals surface area (Å²) in [6.45, 7) is 5.93. The first-order chi connectivity index (χ1) is 8.61. The van der Waals surface area contributed by atoms with Crippen molar-refractivity contribution in [3.8, 4) is 5.75 Å². The van der Waals surface area contributed by atoms with E-state index >= 15 is 0 Å². The predicted molar refractivity (Wildman–Crippen MR) is 66.1 cm³/mol. The van der Waals surface area contributed by atoms with E-state index in [1.165, 1.54) is 12.1 Å². The molecular weight excluding hydrogens is 235 g/mol. The number of hydrogen-bond donors (Lipinski definition) is 1.